The van der Waals surface area contributed by atoms with Crippen molar-refractivity contribution >= 4 is 32.5 Å². The van der Waals surface area contributed by atoms with Crippen molar-refractivity contribution in [3.05, 3.63) is 28.9 Å². The Morgan fingerprint density at radius 1 is 1.11 bits per heavy atom. The van der Waals surface area contributed by atoms with Crippen LogP contribution in [-0.2, 0) is 0 Å². The van der Waals surface area contributed by atoms with Gasteiger partial charge >= 0.3 is 0 Å². The fourth-order valence-corrected chi connectivity index (χ4v) is 3.27. The largest absolute Gasteiger partial charge is 0.358 e. The Bertz CT molecular complexity index is 642. The predicted molar refractivity (Wildman–Crippen MR) is 79.7 cm³/mol. The van der Waals surface area contributed by atoms with Crippen LogP contribution in [0.15, 0.2) is 18.2 Å². The fraction of sp³-hybridized carbons (Fsp3) is 0.400. The van der Waals surface area contributed by atoms with Crippen LogP contribution in [0.25, 0.3) is 21.1 Å². The molecule has 0 fully saturated rings. The number of nitrogens with zero attached hydrogens (tertiary/aromatic N) is 1. The van der Waals surface area contributed by atoms with Crippen LogP contribution in [-0.4, -0.2) is 9.97 Å². The first-order chi connectivity index (χ1) is 8.56. The maximum absolute atomic E-state index is 4.72. The molecule has 0 radical (unpaired) electrons. The van der Waals surface area contributed by atoms with Crippen molar-refractivity contribution in [3.8, 4) is 0 Å². The van der Waals surface area contributed by atoms with Crippen LogP contribution in [0, 0.1) is 0 Å². The van der Waals surface area contributed by atoms with Gasteiger partial charge in [-0.1, -0.05) is 27.7 Å². The summed E-state index contributed by atoms with van der Waals surface area (Å²) in [6.45, 7) is 8.83. The van der Waals surface area contributed by atoms with Gasteiger partial charge in [-0.2, -0.15) is 0 Å². The first-order valence-electron chi connectivity index (χ1n) is 6.48. The molecule has 2 heterocycles. The Hall–Kier alpha value is -1.35. The zero-order valence-corrected chi connectivity index (χ0v) is 12.1. The fourth-order valence-electron chi connectivity index (χ4n) is 2.19. The van der Waals surface area contributed by atoms with E-state index in [0.29, 0.717) is 11.8 Å². The van der Waals surface area contributed by atoms with E-state index in [1.807, 2.05) is 11.3 Å². The summed E-state index contributed by atoms with van der Waals surface area (Å²) in [6, 6.07) is 6.55. The number of fused-ring (bicyclic) bond motifs is 3. The first kappa shape index (κ1) is 11.7. The van der Waals surface area contributed by atoms with Crippen LogP contribution < -0.4 is 0 Å². The van der Waals surface area contributed by atoms with Crippen molar-refractivity contribution in [1.82, 2.24) is 9.97 Å². The minimum absolute atomic E-state index is 0.501. The molecule has 2 aromatic heterocycles. The lowest BCUT2D eigenvalue weighted by atomic mass is 10.1. The molecule has 1 N–H and O–H groups in total. The van der Waals surface area contributed by atoms with Gasteiger partial charge in [-0.25, -0.2) is 4.98 Å². The third kappa shape index (κ3) is 1.74. The molecule has 1 aromatic carbocycles. The quantitative estimate of drug-likeness (QED) is 0.686. The van der Waals surface area contributed by atoms with Gasteiger partial charge in [0.1, 0.15) is 0 Å². The Balaban J connectivity index is 2.30. The lowest BCUT2D eigenvalue weighted by Crippen LogP contribution is -1.84. The van der Waals surface area contributed by atoms with Gasteiger partial charge in [0, 0.05) is 22.5 Å². The number of hydrogen-bond donors (Lipinski definition) is 1. The molecule has 0 unspecified atom stereocenters. The molecule has 3 heteroatoms. The van der Waals surface area contributed by atoms with Gasteiger partial charge < -0.3 is 4.98 Å². The van der Waals surface area contributed by atoms with Crippen molar-refractivity contribution in [1.29, 1.82) is 0 Å². The second-order valence-electron chi connectivity index (χ2n) is 5.46. The van der Waals surface area contributed by atoms with E-state index in [4.69, 9.17) is 4.98 Å². The number of rotatable bonds is 2. The zero-order valence-electron chi connectivity index (χ0n) is 11.2. The van der Waals surface area contributed by atoms with Gasteiger partial charge in [-0.3, -0.25) is 0 Å². The summed E-state index contributed by atoms with van der Waals surface area (Å²) in [5, 5.41) is 2.55. The Kier molecular flexibility index (Phi) is 2.67. The molecule has 0 spiro atoms. The van der Waals surface area contributed by atoms with Crippen LogP contribution in [0.1, 0.15) is 50.2 Å². The molecule has 0 bridgehead atoms. The molecule has 2 nitrogen and oxygen atoms in total. The first-order valence-corrected chi connectivity index (χ1v) is 7.30. The number of hydrogen-bond acceptors (Lipinski definition) is 2. The van der Waals surface area contributed by atoms with Gasteiger partial charge in [0.05, 0.1) is 15.2 Å². The number of benzene rings is 1. The number of H-pyrrole nitrogens is 1. The highest BCUT2D eigenvalue weighted by Gasteiger charge is 2.12. The second kappa shape index (κ2) is 4.09. The molecule has 3 rings (SSSR count). The second-order valence-corrected chi connectivity index (χ2v) is 6.49. The third-order valence-electron chi connectivity index (χ3n) is 3.31. The Morgan fingerprint density at radius 2 is 1.89 bits per heavy atom. The Morgan fingerprint density at radius 3 is 2.56 bits per heavy atom. The standard InChI is InChI=1S/C15H18N2S/c1-8(2)13-7-10-11(16-13)5-6-12-14(10)18-15(17-12)9(3)4/h5-9,16H,1-4H3. The van der Waals surface area contributed by atoms with Crippen LogP contribution in [0.3, 0.4) is 0 Å². The van der Waals surface area contributed by atoms with E-state index >= 15 is 0 Å². The van der Waals surface area contributed by atoms with Crippen LogP contribution in [0.2, 0.25) is 0 Å². The van der Waals surface area contributed by atoms with E-state index in [2.05, 4.69) is 50.9 Å². The van der Waals surface area contributed by atoms with E-state index in [9.17, 15) is 0 Å². The van der Waals surface area contributed by atoms with Crippen LogP contribution in [0.5, 0.6) is 0 Å². The minimum atomic E-state index is 0.501. The lowest BCUT2D eigenvalue weighted by molar-refractivity contribution is 0.836. The average molecular weight is 258 g/mol. The van der Waals surface area contributed by atoms with Gasteiger partial charge in [-0.15, -0.1) is 11.3 Å². The molecular weight excluding hydrogens is 240 g/mol. The number of nitrogens with one attached hydrogen (secondary N) is 1. The van der Waals surface area contributed by atoms with E-state index in [-0.39, 0.29) is 0 Å². The molecule has 0 aliphatic carbocycles. The molecule has 0 amide bonds. The maximum Gasteiger partial charge on any atom is 0.0964 e. The third-order valence-corrected chi connectivity index (χ3v) is 4.71. The summed E-state index contributed by atoms with van der Waals surface area (Å²) < 4.78 is 1.32. The van der Waals surface area contributed by atoms with Gasteiger partial charge in [0.15, 0.2) is 0 Å². The highest BCUT2D eigenvalue weighted by atomic mass is 32.1. The van der Waals surface area contributed by atoms with E-state index in [1.54, 1.807) is 0 Å². The summed E-state index contributed by atoms with van der Waals surface area (Å²) >= 11 is 1.83. The molecular formula is C15H18N2S. The number of aromatic nitrogens is 2. The summed E-state index contributed by atoms with van der Waals surface area (Å²) in [5.41, 5.74) is 3.66. The smallest absolute Gasteiger partial charge is 0.0964 e. The SMILES string of the molecule is CC(C)c1cc2c(ccc3nc(C(C)C)sc32)[nH]1. The van der Waals surface area contributed by atoms with Gasteiger partial charge in [-0.05, 0) is 24.1 Å². The summed E-state index contributed by atoms with van der Waals surface area (Å²) in [4.78, 5) is 8.23. The summed E-state index contributed by atoms with van der Waals surface area (Å²) in [6.07, 6.45) is 0. The molecule has 0 aliphatic heterocycles. The predicted octanol–water partition coefficient (Wildman–Crippen LogP) is 5.02. The van der Waals surface area contributed by atoms with Crippen molar-refractivity contribution in [2.75, 3.05) is 0 Å². The van der Waals surface area contributed by atoms with Crippen LogP contribution in [0.4, 0.5) is 0 Å². The molecule has 0 aliphatic rings. The van der Waals surface area contributed by atoms with Crippen LogP contribution >= 0.6 is 11.3 Å². The van der Waals surface area contributed by atoms with Crippen molar-refractivity contribution in [2.45, 2.75) is 39.5 Å². The monoisotopic (exact) mass is 258 g/mol. The van der Waals surface area contributed by atoms with E-state index < -0.39 is 0 Å². The molecule has 18 heavy (non-hydrogen) atoms. The molecule has 0 saturated heterocycles. The average Bonchev–Trinajstić information content (AvgIpc) is 2.91. The normalized spacial score (nSPS) is 12.3. The van der Waals surface area contributed by atoms with Gasteiger partial charge in [0.25, 0.3) is 0 Å². The van der Waals surface area contributed by atoms with Gasteiger partial charge in [0.2, 0.25) is 0 Å². The number of thiazole rings is 1. The highest BCUT2D eigenvalue weighted by molar-refractivity contribution is 7.19. The highest BCUT2D eigenvalue weighted by Crippen LogP contribution is 2.34. The molecule has 0 saturated carbocycles. The molecule has 94 valence electrons. The van der Waals surface area contributed by atoms with Crippen molar-refractivity contribution < 1.29 is 0 Å². The van der Waals surface area contributed by atoms with Crippen molar-refractivity contribution in [2.24, 2.45) is 0 Å². The summed E-state index contributed by atoms with van der Waals surface area (Å²) in [7, 11) is 0. The zero-order chi connectivity index (χ0) is 12.9. The summed E-state index contributed by atoms with van der Waals surface area (Å²) in [5.74, 6) is 1.03. The maximum atomic E-state index is 4.72. The van der Waals surface area contributed by atoms with Crippen molar-refractivity contribution in [3.63, 3.8) is 0 Å². The minimum Gasteiger partial charge on any atom is -0.358 e. The molecule has 0 atom stereocenters. The number of aromatic amines is 1. The Labute approximate surface area is 111 Å². The van der Waals surface area contributed by atoms with E-state index in [1.165, 1.54) is 26.3 Å². The van der Waals surface area contributed by atoms with E-state index in [0.717, 1.165) is 5.52 Å². The molecule has 3 aromatic rings. The lowest BCUT2D eigenvalue weighted by Gasteiger charge is -1.97. The topological polar surface area (TPSA) is 28.7 Å².